The van der Waals surface area contributed by atoms with Crippen molar-refractivity contribution in [2.45, 2.75) is 25.6 Å². The lowest BCUT2D eigenvalue weighted by Gasteiger charge is -2.35. The lowest BCUT2D eigenvalue weighted by atomic mass is 10.2. The number of carbonyl (C=O) groups excluding carboxylic acids is 2. The lowest BCUT2D eigenvalue weighted by Crippen LogP contribution is -2.52. The Morgan fingerprint density at radius 3 is 2.52 bits per heavy atom. The Labute approximate surface area is 183 Å². The summed E-state index contributed by atoms with van der Waals surface area (Å²) in [5, 5.41) is 0. The third-order valence-electron chi connectivity index (χ3n) is 5.63. The summed E-state index contributed by atoms with van der Waals surface area (Å²) in [4.78, 5) is 28.6. The smallest absolute Gasteiger partial charge is 0.251 e. The third-order valence-corrected chi connectivity index (χ3v) is 5.63. The quantitative estimate of drug-likeness (QED) is 0.674. The van der Waals surface area contributed by atoms with Gasteiger partial charge in [-0.3, -0.25) is 9.59 Å². The molecule has 2 aromatic carbocycles. The van der Waals surface area contributed by atoms with Gasteiger partial charge in [0.15, 0.2) is 0 Å². The summed E-state index contributed by atoms with van der Waals surface area (Å²) < 4.78 is 11.3. The first-order valence-electron chi connectivity index (χ1n) is 10.8. The fourth-order valence-corrected chi connectivity index (χ4v) is 3.85. The van der Waals surface area contributed by atoms with E-state index in [0.717, 1.165) is 29.7 Å². The summed E-state index contributed by atoms with van der Waals surface area (Å²) in [5.74, 6) is 0.784. The minimum absolute atomic E-state index is 0.0418. The van der Waals surface area contributed by atoms with Crippen LogP contribution in [0.15, 0.2) is 60.7 Å². The lowest BCUT2D eigenvalue weighted by molar-refractivity contribution is -0.144. The first kappa shape index (κ1) is 21.1. The molecule has 0 aliphatic carbocycles. The minimum atomic E-state index is -0.293. The molecule has 0 radical (unpaired) electrons. The van der Waals surface area contributed by atoms with Gasteiger partial charge in [-0.1, -0.05) is 42.5 Å². The predicted molar refractivity (Wildman–Crippen MR) is 118 cm³/mol. The van der Waals surface area contributed by atoms with Crippen molar-refractivity contribution >= 4 is 17.9 Å². The number of piperazine rings is 1. The monoisotopic (exact) mass is 420 g/mol. The number of nitrogens with zero attached hydrogens (tertiary/aromatic N) is 2. The maximum absolute atomic E-state index is 12.6. The highest BCUT2D eigenvalue weighted by atomic mass is 16.5. The number of ether oxygens (including phenoxy) is 2. The van der Waals surface area contributed by atoms with E-state index < -0.39 is 0 Å². The van der Waals surface area contributed by atoms with Gasteiger partial charge in [-0.2, -0.15) is 0 Å². The molecule has 6 heteroatoms. The van der Waals surface area contributed by atoms with Crippen molar-refractivity contribution in [3.05, 3.63) is 71.8 Å². The Bertz CT molecular complexity index is 914. The van der Waals surface area contributed by atoms with Gasteiger partial charge in [-0.05, 0) is 42.2 Å². The normalized spacial score (nSPS) is 19.0. The van der Waals surface area contributed by atoms with Gasteiger partial charge in [0.2, 0.25) is 5.91 Å². The summed E-state index contributed by atoms with van der Waals surface area (Å²) in [6.07, 6.45) is 4.85. The van der Waals surface area contributed by atoms with E-state index in [1.54, 1.807) is 11.0 Å². The molecule has 2 aliphatic heterocycles. The zero-order valence-corrected chi connectivity index (χ0v) is 17.6. The van der Waals surface area contributed by atoms with Gasteiger partial charge < -0.3 is 19.3 Å². The van der Waals surface area contributed by atoms with E-state index in [0.29, 0.717) is 39.4 Å². The summed E-state index contributed by atoms with van der Waals surface area (Å²) in [6, 6.07) is 17.7. The number of carbonyl (C=O) groups is 2. The maximum atomic E-state index is 12.6. The number of hydrogen-bond donors (Lipinski definition) is 0. The Morgan fingerprint density at radius 2 is 1.77 bits per heavy atom. The highest BCUT2D eigenvalue weighted by Gasteiger charge is 2.30. The van der Waals surface area contributed by atoms with Gasteiger partial charge in [-0.15, -0.1) is 0 Å². The van der Waals surface area contributed by atoms with Crippen LogP contribution >= 0.6 is 0 Å². The number of benzene rings is 2. The molecule has 2 aromatic rings. The Morgan fingerprint density at radius 1 is 1.00 bits per heavy atom. The molecule has 0 N–H and O–H groups in total. The fourth-order valence-electron chi connectivity index (χ4n) is 3.85. The molecule has 2 fully saturated rings. The van der Waals surface area contributed by atoms with Crippen LogP contribution in [0.1, 0.15) is 24.0 Å². The first-order valence-corrected chi connectivity index (χ1v) is 10.8. The van der Waals surface area contributed by atoms with E-state index in [1.807, 2.05) is 65.6 Å². The first-order chi connectivity index (χ1) is 15.2. The molecule has 2 aliphatic rings. The van der Waals surface area contributed by atoms with Crippen molar-refractivity contribution in [1.29, 1.82) is 0 Å². The van der Waals surface area contributed by atoms with Gasteiger partial charge in [0.05, 0.1) is 0 Å². The molecule has 0 aromatic heterocycles. The van der Waals surface area contributed by atoms with Gasteiger partial charge in [0.25, 0.3) is 5.91 Å². The summed E-state index contributed by atoms with van der Waals surface area (Å²) in [6.45, 7) is 3.37. The summed E-state index contributed by atoms with van der Waals surface area (Å²) in [5.41, 5.74) is 2.02. The van der Waals surface area contributed by atoms with Crippen molar-refractivity contribution in [1.82, 2.24) is 9.80 Å². The van der Waals surface area contributed by atoms with Gasteiger partial charge >= 0.3 is 0 Å². The van der Waals surface area contributed by atoms with Crippen LogP contribution in [0.4, 0.5) is 0 Å². The van der Waals surface area contributed by atoms with E-state index in [-0.39, 0.29) is 17.9 Å². The molecule has 162 valence electrons. The molecule has 1 unspecified atom stereocenters. The van der Waals surface area contributed by atoms with Crippen molar-refractivity contribution in [3.63, 3.8) is 0 Å². The third kappa shape index (κ3) is 5.73. The van der Waals surface area contributed by atoms with Crippen LogP contribution in [0.2, 0.25) is 0 Å². The topological polar surface area (TPSA) is 59.1 Å². The minimum Gasteiger partial charge on any atom is -0.489 e. The number of hydrogen-bond acceptors (Lipinski definition) is 4. The van der Waals surface area contributed by atoms with E-state index in [4.69, 9.17) is 9.47 Å². The standard InChI is InChI=1S/C25H28N2O4/c28-24(26-13-15-27(16-14-26)25(29)23-10-5-17-30-23)12-11-20-8-4-9-22(18-20)31-19-21-6-2-1-3-7-21/h1-4,6-9,11-12,18,23H,5,10,13-17,19H2/b12-11+. The van der Waals surface area contributed by atoms with Crippen LogP contribution < -0.4 is 4.74 Å². The van der Waals surface area contributed by atoms with Gasteiger partial charge in [0.1, 0.15) is 18.5 Å². The van der Waals surface area contributed by atoms with Crippen LogP contribution in [0.3, 0.4) is 0 Å². The van der Waals surface area contributed by atoms with Crippen LogP contribution in [0.5, 0.6) is 5.75 Å². The molecule has 2 amide bonds. The SMILES string of the molecule is O=C(/C=C/c1cccc(OCc2ccccc2)c1)N1CCN(C(=O)C2CCCO2)CC1. The fraction of sp³-hybridized carbons (Fsp3) is 0.360. The average molecular weight is 421 g/mol. The molecule has 31 heavy (non-hydrogen) atoms. The molecule has 2 heterocycles. The average Bonchev–Trinajstić information content (AvgIpc) is 3.37. The zero-order chi connectivity index (χ0) is 21.5. The second kappa shape index (κ2) is 10.3. The van der Waals surface area contributed by atoms with Crippen LogP contribution in [0, 0.1) is 0 Å². The molecule has 0 bridgehead atoms. The van der Waals surface area contributed by atoms with Crippen molar-refractivity contribution in [2.24, 2.45) is 0 Å². The summed E-state index contributed by atoms with van der Waals surface area (Å²) in [7, 11) is 0. The van der Waals surface area contributed by atoms with Gasteiger partial charge in [0, 0.05) is 38.9 Å². The Kier molecular flexibility index (Phi) is 6.99. The molecular formula is C25H28N2O4. The maximum Gasteiger partial charge on any atom is 0.251 e. The van der Waals surface area contributed by atoms with Gasteiger partial charge in [-0.25, -0.2) is 0 Å². The molecule has 6 nitrogen and oxygen atoms in total. The predicted octanol–water partition coefficient (Wildman–Crippen LogP) is 3.13. The van der Waals surface area contributed by atoms with Crippen LogP contribution in [-0.4, -0.2) is 60.5 Å². The largest absolute Gasteiger partial charge is 0.489 e. The van der Waals surface area contributed by atoms with E-state index in [1.165, 1.54) is 0 Å². The second-order valence-corrected chi connectivity index (χ2v) is 7.83. The molecule has 0 spiro atoms. The second-order valence-electron chi connectivity index (χ2n) is 7.83. The highest BCUT2D eigenvalue weighted by molar-refractivity contribution is 5.92. The van der Waals surface area contributed by atoms with Crippen molar-refractivity contribution in [3.8, 4) is 5.75 Å². The highest BCUT2D eigenvalue weighted by Crippen LogP contribution is 2.18. The van der Waals surface area contributed by atoms with E-state index in [2.05, 4.69) is 0 Å². The molecule has 0 saturated carbocycles. The zero-order valence-electron chi connectivity index (χ0n) is 17.6. The van der Waals surface area contributed by atoms with Crippen LogP contribution in [0.25, 0.3) is 6.08 Å². The Hall–Kier alpha value is -3.12. The van der Waals surface area contributed by atoms with Crippen molar-refractivity contribution < 1.29 is 19.1 Å². The molecule has 2 saturated heterocycles. The number of amides is 2. The summed E-state index contributed by atoms with van der Waals surface area (Å²) >= 11 is 0. The van der Waals surface area contributed by atoms with Crippen molar-refractivity contribution in [2.75, 3.05) is 32.8 Å². The Balaban J connectivity index is 1.27. The molecule has 1 atom stereocenters. The number of rotatable bonds is 6. The molecule has 4 rings (SSSR count). The van der Waals surface area contributed by atoms with E-state index in [9.17, 15) is 9.59 Å². The van der Waals surface area contributed by atoms with Crippen LogP contribution in [-0.2, 0) is 20.9 Å². The van der Waals surface area contributed by atoms with E-state index >= 15 is 0 Å². The molecular weight excluding hydrogens is 392 g/mol.